The number of aryl methyl sites for hydroxylation is 1. The normalized spacial score (nSPS) is 12.6. The van der Waals surface area contributed by atoms with Crippen molar-refractivity contribution in [2.24, 2.45) is 0 Å². The summed E-state index contributed by atoms with van der Waals surface area (Å²) in [4.78, 5) is 23.6. The second-order valence-corrected chi connectivity index (χ2v) is 8.07. The van der Waals surface area contributed by atoms with Crippen molar-refractivity contribution in [1.29, 1.82) is 0 Å². The van der Waals surface area contributed by atoms with Crippen molar-refractivity contribution in [2.75, 3.05) is 6.16 Å². The third kappa shape index (κ3) is 7.94. The van der Waals surface area contributed by atoms with Crippen molar-refractivity contribution in [1.82, 2.24) is 5.48 Å². The van der Waals surface area contributed by atoms with Crippen LogP contribution < -0.4 is 5.48 Å². The monoisotopic (exact) mass is 405 g/mol. The molecule has 150 valence electrons. The summed E-state index contributed by atoms with van der Waals surface area (Å²) in [6, 6.07) is 18.4. The van der Waals surface area contributed by atoms with Gasteiger partial charge in [0.2, 0.25) is 0 Å². The van der Waals surface area contributed by atoms with Gasteiger partial charge in [-0.1, -0.05) is 67.6 Å². The van der Waals surface area contributed by atoms with Gasteiger partial charge < -0.3 is 9.26 Å². The molecule has 2 aromatic carbocycles. The summed E-state index contributed by atoms with van der Waals surface area (Å²) in [6.07, 6.45) is 0.0283. The van der Waals surface area contributed by atoms with Crippen LogP contribution in [0.15, 0.2) is 60.7 Å². The Bertz CT molecular complexity index is 797. The average molecular weight is 405 g/mol. The van der Waals surface area contributed by atoms with Crippen molar-refractivity contribution in [2.45, 2.75) is 32.8 Å². The predicted molar refractivity (Wildman–Crippen MR) is 104 cm³/mol. The summed E-state index contributed by atoms with van der Waals surface area (Å²) in [5.41, 5.74) is 3.67. The second-order valence-electron chi connectivity index (χ2n) is 6.04. The SMILES string of the molecule is CCCC(=O)OP(=O)(CCc1ccccc1)ONC(=O)OCc1ccccc1. The molecule has 0 aliphatic heterocycles. The van der Waals surface area contributed by atoms with Crippen molar-refractivity contribution in [3.05, 3.63) is 71.8 Å². The third-order valence-electron chi connectivity index (χ3n) is 3.69. The van der Waals surface area contributed by atoms with E-state index in [4.69, 9.17) is 13.9 Å². The van der Waals surface area contributed by atoms with Gasteiger partial charge in [-0.25, -0.2) is 9.36 Å². The van der Waals surface area contributed by atoms with Crippen molar-refractivity contribution in [3.63, 3.8) is 0 Å². The van der Waals surface area contributed by atoms with E-state index in [1.54, 1.807) is 19.1 Å². The van der Waals surface area contributed by atoms with Gasteiger partial charge in [0.15, 0.2) is 0 Å². The molecular formula is C20H24NO6P. The number of hydrogen-bond acceptors (Lipinski definition) is 6. The Morgan fingerprint density at radius 1 is 0.964 bits per heavy atom. The van der Waals surface area contributed by atoms with E-state index in [2.05, 4.69) is 0 Å². The van der Waals surface area contributed by atoms with Gasteiger partial charge in [-0.05, 0) is 24.0 Å². The minimum absolute atomic E-state index is 0.0278. The third-order valence-corrected chi connectivity index (χ3v) is 5.32. The molecular weight excluding hydrogens is 381 g/mol. The van der Waals surface area contributed by atoms with Crippen LogP contribution in [0.1, 0.15) is 30.9 Å². The first-order valence-electron chi connectivity index (χ1n) is 9.01. The summed E-state index contributed by atoms with van der Waals surface area (Å²) in [7, 11) is -3.88. The molecule has 1 atom stereocenters. The van der Waals surface area contributed by atoms with Gasteiger partial charge in [0, 0.05) is 6.42 Å². The van der Waals surface area contributed by atoms with Crippen LogP contribution in [0, 0.1) is 0 Å². The summed E-state index contributed by atoms with van der Waals surface area (Å²) in [5.74, 6) is -0.640. The predicted octanol–water partition coefficient (Wildman–Crippen LogP) is 4.62. The number of carbonyl (C=O) groups excluding carboxylic acids is 2. The van der Waals surface area contributed by atoms with E-state index in [9.17, 15) is 14.2 Å². The van der Waals surface area contributed by atoms with Crippen LogP contribution in [-0.4, -0.2) is 18.2 Å². The molecule has 0 aromatic heterocycles. The highest BCUT2D eigenvalue weighted by Gasteiger charge is 2.30. The number of ether oxygens (including phenoxy) is 1. The fraction of sp³-hybridized carbons (Fsp3) is 0.300. The zero-order valence-corrected chi connectivity index (χ0v) is 16.6. The van der Waals surface area contributed by atoms with E-state index < -0.39 is 19.7 Å². The minimum atomic E-state index is -3.88. The maximum atomic E-state index is 12.9. The molecule has 0 spiro atoms. The van der Waals surface area contributed by atoms with Crippen LogP contribution in [0.5, 0.6) is 0 Å². The molecule has 1 N–H and O–H groups in total. The number of hydrogen-bond donors (Lipinski definition) is 1. The van der Waals surface area contributed by atoms with E-state index >= 15 is 0 Å². The fourth-order valence-corrected chi connectivity index (χ4v) is 3.65. The zero-order valence-electron chi connectivity index (χ0n) is 15.7. The topological polar surface area (TPSA) is 90.9 Å². The molecule has 0 aliphatic carbocycles. The number of benzene rings is 2. The second kappa shape index (κ2) is 11.3. The lowest BCUT2D eigenvalue weighted by Crippen LogP contribution is -2.25. The maximum absolute atomic E-state index is 12.9. The Hall–Kier alpha value is -2.63. The molecule has 0 bridgehead atoms. The first kappa shape index (κ1) is 21.7. The van der Waals surface area contributed by atoms with Gasteiger partial charge >= 0.3 is 19.7 Å². The molecule has 0 saturated carbocycles. The molecule has 2 rings (SSSR count). The molecule has 0 aliphatic rings. The van der Waals surface area contributed by atoms with Crippen molar-refractivity contribution in [3.8, 4) is 0 Å². The maximum Gasteiger partial charge on any atom is 0.432 e. The van der Waals surface area contributed by atoms with Crippen LogP contribution in [0.3, 0.4) is 0 Å². The van der Waals surface area contributed by atoms with E-state index in [-0.39, 0.29) is 19.2 Å². The molecule has 28 heavy (non-hydrogen) atoms. The number of carbonyl (C=O) groups is 2. The Morgan fingerprint density at radius 2 is 1.57 bits per heavy atom. The van der Waals surface area contributed by atoms with Crippen LogP contribution in [0.2, 0.25) is 0 Å². The number of nitrogens with one attached hydrogen (secondary N) is 1. The Labute approximate surface area is 164 Å². The highest BCUT2D eigenvalue weighted by atomic mass is 31.2. The van der Waals surface area contributed by atoms with Crippen molar-refractivity contribution >= 4 is 19.7 Å². The Kier molecular flexibility index (Phi) is 8.72. The van der Waals surface area contributed by atoms with Crippen molar-refractivity contribution < 1.29 is 28.0 Å². The number of hydroxylamine groups is 1. The van der Waals surface area contributed by atoms with Gasteiger partial charge in [-0.2, -0.15) is 10.1 Å². The fourth-order valence-electron chi connectivity index (χ4n) is 2.28. The summed E-state index contributed by atoms with van der Waals surface area (Å²) >= 11 is 0. The average Bonchev–Trinajstić information content (AvgIpc) is 2.71. The molecule has 1 unspecified atom stereocenters. The standard InChI is InChI=1S/C20H24NO6P/c1-2-9-19(22)26-28(24,15-14-17-10-5-3-6-11-17)27-21-20(23)25-16-18-12-7-4-8-13-18/h3-8,10-13H,2,9,14-16H2,1H3,(H,21,23). The summed E-state index contributed by atoms with van der Waals surface area (Å²) in [6.45, 7) is 1.83. The Balaban J connectivity index is 1.91. The van der Waals surface area contributed by atoms with Gasteiger partial charge in [0.1, 0.15) is 6.61 Å². The van der Waals surface area contributed by atoms with E-state index in [1.807, 2.05) is 54.0 Å². The lowest BCUT2D eigenvalue weighted by Gasteiger charge is -2.18. The first-order chi connectivity index (χ1) is 13.5. The first-order valence-corrected chi connectivity index (χ1v) is 10.7. The van der Waals surface area contributed by atoms with Gasteiger partial charge in [-0.3, -0.25) is 4.79 Å². The largest absolute Gasteiger partial charge is 0.443 e. The zero-order chi connectivity index (χ0) is 20.2. The molecule has 8 heteroatoms. The highest BCUT2D eigenvalue weighted by molar-refractivity contribution is 7.54. The highest BCUT2D eigenvalue weighted by Crippen LogP contribution is 2.48. The van der Waals surface area contributed by atoms with Gasteiger partial charge in [0.05, 0.1) is 6.16 Å². The molecule has 0 saturated heterocycles. The lowest BCUT2D eigenvalue weighted by atomic mass is 10.2. The molecule has 1 amide bonds. The molecule has 0 heterocycles. The smallest absolute Gasteiger partial charge is 0.432 e. The molecule has 0 fully saturated rings. The van der Waals surface area contributed by atoms with Crippen LogP contribution in [0.25, 0.3) is 0 Å². The van der Waals surface area contributed by atoms with E-state index in [1.165, 1.54) is 0 Å². The quantitative estimate of drug-likeness (QED) is 0.458. The summed E-state index contributed by atoms with van der Waals surface area (Å²) in [5, 5.41) is 0. The van der Waals surface area contributed by atoms with Gasteiger partial charge in [0.25, 0.3) is 0 Å². The minimum Gasteiger partial charge on any atom is -0.443 e. The van der Waals surface area contributed by atoms with E-state index in [0.29, 0.717) is 12.8 Å². The van der Waals surface area contributed by atoms with Crippen LogP contribution >= 0.6 is 7.60 Å². The van der Waals surface area contributed by atoms with Crippen LogP contribution in [-0.2, 0) is 36.3 Å². The lowest BCUT2D eigenvalue weighted by molar-refractivity contribution is -0.135. The molecule has 0 radical (unpaired) electrons. The number of rotatable bonds is 10. The van der Waals surface area contributed by atoms with E-state index in [0.717, 1.165) is 11.1 Å². The molecule has 2 aromatic rings. The van der Waals surface area contributed by atoms with Crippen LogP contribution in [0.4, 0.5) is 4.79 Å². The Morgan fingerprint density at radius 3 is 2.18 bits per heavy atom. The number of amides is 1. The summed E-state index contributed by atoms with van der Waals surface area (Å²) < 4.78 is 28.0. The van der Waals surface area contributed by atoms with Gasteiger partial charge in [-0.15, -0.1) is 0 Å². The molecule has 7 nitrogen and oxygen atoms in total.